The van der Waals surface area contributed by atoms with E-state index in [1.807, 2.05) is 6.92 Å². The third kappa shape index (κ3) is 2.18. The first-order chi connectivity index (χ1) is 8.55. The summed E-state index contributed by atoms with van der Waals surface area (Å²) in [7, 11) is 0. The molecule has 1 aliphatic heterocycles. The summed E-state index contributed by atoms with van der Waals surface area (Å²) in [6, 6.07) is 0.266. The molecule has 0 unspecified atom stereocenters. The maximum Gasteiger partial charge on any atom is 0.157 e. The van der Waals surface area contributed by atoms with Gasteiger partial charge < -0.3 is 15.2 Å². The predicted molar refractivity (Wildman–Crippen MR) is 67.7 cm³/mol. The first-order valence-electron chi connectivity index (χ1n) is 6.16. The van der Waals surface area contributed by atoms with Crippen molar-refractivity contribution >= 4 is 17.4 Å². The monoisotopic (exact) mass is 269 g/mol. The topological polar surface area (TPSA) is 67.3 Å². The van der Waals surface area contributed by atoms with Crippen LogP contribution in [0.4, 0.5) is 5.82 Å². The van der Waals surface area contributed by atoms with E-state index in [1.165, 1.54) is 0 Å². The molecule has 6 heteroatoms. The van der Waals surface area contributed by atoms with Crippen LogP contribution in [0.1, 0.15) is 30.9 Å². The van der Waals surface area contributed by atoms with Crippen molar-refractivity contribution in [1.29, 1.82) is 0 Å². The molecule has 1 aliphatic carbocycles. The highest BCUT2D eigenvalue weighted by molar-refractivity contribution is 6.30. The van der Waals surface area contributed by atoms with Crippen LogP contribution in [0.2, 0.25) is 5.15 Å². The second kappa shape index (κ2) is 4.33. The van der Waals surface area contributed by atoms with Gasteiger partial charge in [-0.25, -0.2) is 0 Å². The van der Waals surface area contributed by atoms with Gasteiger partial charge in [0, 0.05) is 17.2 Å². The molecule has 0 amide bonds. The SMILES string of the molecule is C[C@]1(O)C[C@@H](Nc2nnc(Cl)c3c2CCOC3)C1. The molecule has 0 aromatic carbocycles. The molecule has 2 aliphatic rings. The van der Waals surface area contributed by atoms with Gasteiger partial charge in [-0.1, -0.05) is 11.6 Å². The van der Waals surface area contributed by atoms with Crippen molar-refractivity contribution in [3.05, 3.63) is 16.3 Å². The molecule has 0 saturated heterocycles. The smallest absolute Gasteiger partial charge is 0.157 e. The van der Waals surface area contributed by atoms with E-state index in [4.69, 9.17) is 16.3 Å². The van der Waals surface area contributed by atoms with E-state index in [0.29, 0.717) is 18.4 Å². The van der Waals surface area contributed by atoms with Crippen LogP contribution in [0.25, 0.3) is 0 Å². The Morgan fingerprint density at radius 1 is 1.39 bits per heavy atom. The van der Waals surface area contributed by atoms with Gasteiger partial charge in [-0.2, -0.15) is 0 Å². The van der Waals surface area contributed by atoms with Crippen molar-refractivity contribution in [1.82, 2.24) is 10.2 Å². The summed E-state index contributed by atoms with van der Waals surface area (Å²) in [6.07, 6.45) is 2.28. The summed E-state index contributed by atoms with van der Waals surface area (Å²) in [5.74, 6) is 0.790. The van der Waals surface area contributed by atoms with E-state index < -0.39 is 5.60 Å². The molecule has 0 radical (unpaired) electrons. The number of rotatable bonds is 2. The summed E-state index contributed by atoms with van der Waals surface area (Å²) in [5, 5.41) is 21.6. The second-order valence-electron chi connectivity index (χ2n) is 5.35. The Morgan fingerprint density at radius 2 is 2.17 bits per heavy atom. The van der Waals surface area contributed by atoms with Crippen LogP contribution in [-0.4, -0.2) is 33.6 Å². The molecule has 98 valence electrons. The summed E-state index contributed by atoms with van der Waals surface area (Å²) in [4.78, 5) is 0. The number of nitrogens with zero attached hydrogens (tertiary/aromatic N) is 2. The van der Waals surface area contributed by atoms with E-state index in [9.17, 15) is 5.11 Å². The Hall–Kier alpha value is -0.910. The molecular weight excluding hydrogens is 254 g/mol. The number of aliphatic hydroxyl groups is 1. The number of aromatic nitrogens is 2. The van der Waals surface area contributed by atoms with E-state index in [0.717, 1.165) is 36.2 Å². The van der Waals surface area contributed by atoms with Gasteiger partial charge >= 0.3 is 0 Å². The van der Waals surface area contributed by atoms with Crippen molar-refractivity contribution in [2.75, 3.05) is 11.9 Å². The number of nitrogens with one attached hydrogen (secondary N) is 1. The van der Waals surface area contributed by atoms with Crippen LogP contribution >= 0.6 is 11.6 Å². The molecule has 0 spiro atoms. The average Bonchev–Trinajstić information content (AvgIpc) is 2.31. The molecule has 1 fully saturated rings. The fourth-order valence-corrected chi connectivity index (χ4v) is 2.87. The van der Waals surface area contributed by atoms with E-state index in [-0.39, 0.29) is 6.04 Å². The van der Waals surface area contributed by atoms with Crippen LogP contribution < -0.4 is 5.32 Å². The minimum absolute atomic E-state index is 0.266. The van der Waals surface area contributed by atoms with E-state index >= 15 is 0 Å². The summed E-state index contributed by atoms with van der Waals surface area (Å²) < 4.78 is 5.39. The van der Waals surface area contributed by atoms with Gasteiger partial charge in [-0.05, 0) is 26.2 Å². The summed E-state index contributed by atoms with van der Waals surface area (Å²) in [6.45, 7) is 3.04. The lowest BCUT2D eigenvalue weighted by Gasteiger charge is -2.41. The van der Waals surface area contributed by atoms with Gasteiger partial charge in [0.2, 0.25) is 0 Å². The summed E-state index contributed by atoms with van der Waals surface area (Å²) in [5.41, 5.74) is 1.50. The number of halogens is 1. The van der Waals surface area contributed by atoms with Gasteiger partial charge in [0.1, 0.15) is 0 Å². The van der Waals surface area contributed by atoms with Crippen LogP contribution in [-0.2, 0) is 17.8 Å². The predicted octanol–water partition coefficient (Wildman–Crippen LogP) is 1.53. The summed E-state index contributed by atoms with van der Waals surface area (Å²) >= 11 is 6.02. The molecule has 1 saturated carbocycles. The average molecular weight is 270 g/mol. The zero-order valence-corrected chi connectivity index (χ0v) is 11.0. The van der Waals surface area contributed by atoms with E-state index in [1.54, 1.807) is 0 Å². The highest BCUT2D eigenvalue weighted by atomic mass is 35.5. The lowest BCUT2D eigenvalue weighted by molar-refractivity contribution is -0.0235. The van der Waals surface area contributed by atoms with Gasteiger partial charge in [0.15, 0.2) is 11.0 Å². The minimum Gasteiger partial charge on any atom is -0.390 e. The molecule has 0 bridgehead atoms. The molecule has 18 heavy (non-hydrogen) atoms. The van der Waals surface area contributed by atoms with Crippen molar-refractivity contribution in [2.24, 2.45) is 0 Å². The Morgan fingerprint density at radius 3 is 2.89 bits per heavy atom. The van der Waals surface area contributed by atoms with Crippen molar-refractivity contribution in [2.45, 2.75) is 44.4 Å². The second-order valence-corrected chi connectivity index (χ2v) is 5.70. The first-order valence-corrected chi connectivity index (χ1v) is 6.53. The van der Waals surface area contributed by atoms with Crippen LogP contribution in [0.15, 0.2) is 0 Å². The van der Waals surface area contributed by atoms with Crippen LogP contribution in [0.5, 0.6) is 0 Å². The molecule has 1 aromatic rings. The number of anilines is 1. The molecule has 0 atom stereocenters. The third-order valence-corrected chi connectivity index (χ3v) is 3.90. The highest BCUT2D eigenvalue weighted by Crippen LogP contribution is 2.35. The van der Waals surface area contributed by atoms with Gasteiger partial charge in [-0.3, -0.25) is 0 Å². The lowest BCUT2D eigenvalue weighted by Crippen LogP contribution is -2.48. The molecule has 5 nitrogen and oxygen atoms in total. The number of fused-ring (bicyclic) bond motifs is 1. The fraction of sp³-hybridized carbons (Fsp3) is 0.667. The Labute approximate surface area is 111 Å². The Balaban J connectivity index is 1.80. The van der Waals surface area contributed by atoms with E-state index in [2.05, 4.69) is 15.5 Å². The fourth-order valence-electron chi connectivity index (χ4n) is 2.66. The molecular formula is C12H16ClN3O2. The normalized spacial score (nSPS) is 30.5. The van der Waals surface area contributed by atoms with Crippen molar-refractivity contribution in [3.63, 3.8) is 0 Å². The Bertz CT molecular complexity index is 471. The Kier molecular flexibility index (Phi) is 2.92. The zero-order valence-electron chi connectivity index (χ0n) is 10.2. The number of ether oxygens (including phenoxy) is 1. The third-order valence-electron chi connectivity index (χ3n) is 3.59. The first kappa shape index (κ1) is 12.1. The maximum atomic E-state index is 9.73. The van der Waals surface area contributed by atoms with Gasteiger partial charge in [-0.15, -0.1) is 10.2 Å². The van der Waals surface area contributed by atoms with Crippen LogP contribution in [0.3, 0.4) is 0 Å². The van der Waals surface area contributed by atoms with Gasteiger partial charge in [0.25, 0.3) is 0 Å². The molecule has 2 heterocycles. The molecule has 1 aromatic heterocycles. The lowest BCUT2D eigenvalue weighted by atomic mass is 9.77. The van der Waals surface area contributed by atoms with Crippen LogP contribution in [0, 0.1) is 0 Å². The van der Waals surface area contributed by atoms with Gasteiger partial charge in [0.05, 0.1) is 18.8 Å². The molecule has 2 N–H and O–H groups in total. The van der Waals surface area contributed by atoms with Crippen molar-refractivity contribution < 1.29 is 9.84 Å². The number of hydrogen-bond donors (Lipinski definition) is 2. The molecule has 3 rings (SSSR count). The minimum atomic E-state index is -0.541. The number of hydrogen-bond acceptors (Lipinski definition) is 5. The standard InChI is InChI=1S/C12H16ClN3O2/c1-12(17)4-7(5-12)14-11-8-2-3-18-6-9(8)10(13)15-16-11/h7,17H,2-6H2,1H3,(H,14,16)/t7-,12+. The van der Waals surface area contributed by atoms with Crippen molar-refractivity contribution in [3.8, 4) is 0 Å². The maximum absolute atomic E-state index is 9.73. The highest BCUT2D eigenvalue weighted by Gasteiger charge is 2.39. The quantitative estimate of drug-likeness (QED) is 0.852. The largest absolute Gasteiger partial charge is 0.390 e. The zero-order chi connectivity index (χ0) is 12.8.